The Labute approximate surface area is 92.5 Å². The van der Waals surface area contributed by atoms with E-state index in [9.17, 15) is 9.90 Å². The largest absolute Gasteiger partial charge is 0.481 e. The highest BCUT2D eigenvalue weighted by atomic mass is 16.4. The second kappa shape index (κ2) is 6.83. The molecule has 0 saturated heterocycles. The number of aliphatic carboxylic acids is 1. The number of carboxylic acids is 1. The lowest BCUT2D eigenvalue weighted by atomic mass is 9.79. The summed E-state index contributed by atoms with van der Waals surface area (Å²) in [6.45, 7) is 6.14. The van der Waals surface area contributed by atoms with Gasteiger partial charge in [-0.25, -0.2) is 0 Å². The van der Waals surface area contributed by atoms with Gasteiger partial charge in [0.25, 0.3) is 0 Å². The van der Waals surface area contributed by atoms with E-state index in [1.54, 1.807) is 0 Å². The number of aliphatic hydroxyl groups is 1. The van der Waals surface area contributed by atoms with Crippen LogP contribution in [-0.2, 0) is 4.79 Å². The van der Waals surface area contributed by atoms with Crippen LogP contribution < -0.4 is 0 Å². The molecule has 0 aromatic heterocycles. The zero-order valence-corrected chi connectivity index (χ0v) is 10.1. The van der Waals surface area contributed by atoms with Crippen LogP contribution in [0.15, 0.2) is 0 Å². The minimum Gasteiger partial charge on any atom is -0.481 e. The van der Waals surface area contributed by atoms with Crippen molar-refractivity contribution in [2.45, 2.75) is 64.9 Å². The summed E-state index contributed by atoms with van der Waals surface area (Å²) < 4.78 is 0. The van der Waals surface area contributed by atoms with Crippen LogP contribution in [0.25, 0.3) is 0 Å². The van der Waals surface area contributed by atoms with Crippen LogP contribution in [-0.4, -0.2) is 21.8 Å². The Morgan fingerprint density at radius 2 is 1.93 bits per heavy atom. The van der Waals surface area contributed by atoms with Crippen molar-refractivity contribution in [1.29, 1.82) is 0 Å². The molecule has 3 heteroatoms. The lowest BCUT2D eigenvalue weighted by Gasteiger charge is -2.33. The van der Waals surface area contributed by atoms with Gasteiger partial charge < -0.3 is 10.2 Å². The lowest BCUT2D eigenvalue weighted by molar-refractivity contribution is -0.137. The summed E-state index contributed by atoms with van der Waals surface area (Å²) in [7, 11) is 0. The summed E-state index contributed by atoms with van der Waals surface area (Å²) in [6, 6.07) is 0. The number of hydrogen-bond donors (Lipinski definition) is 2. The maximum atomic E-state index is 10.4. The Hall–Kier alpha value is -0.570. The van der Waals surface area contributed by atoms with Crippen molar-refractivity contribution in [1.82, 2.24) is 0 Å². The Bertz CT molecular complexity index is 191. The minimum atomic E-state index is -0.780. The average Bonchev–Trinajstić information content (AvgIpc) is 2.16. The van der Waals surface area contributed by atoms with Gasteiger partial charge >= 0.3 is 5.97 Å². The van der Waals surface area contributed by atoms with Crippen molar-refractivity contribution >= 4 is 5.97 Å². The van der Waals surface area contributed by atoms with Crippen molar-refractivity contribution in [3.05, 3.63) is 0 Å². The monoisotopic (exact) mass is 216 g/mol. The van der Waals surface area contributed by atoms with Gasteiger partial charge in [-0.15, -0.1) is 0 Å². The highest BCUT2D eigenvalue weighted by Gasteiger charge is 2.31. The third-order valence-corrected chi connectivity index (χ3v) is 3.21. The molecule has 0 rings (SSSR count). The predicted molar refractivity (Wildman–Crippen MR) is 60.8 cm³/mol. The highest BCUT2D eigenvalue weighted by molar-refractivity contribution is 5.66. The van der Waals surface area contributed by atoms with Crippen LogP contribution in [0.5, 0.6) is 0 Å². The topological polar surface area (TPSA) is 57.5 Å². The molecular formula is C12H24O3. The summed E-state index contributed by atoms with van der Waals surface area (Å²) in [5.74, 6) is -0.538. The quantitative estimate of drug-likeness (QED) is 0.656. The Kier molecular flexibility index (Phi) is 6.57. The van der Waals surface area contributed by atoms with E-state index in [-0.39, 0.29) is 12.3 Å². The third-order valence-electron chi connectivity index (χ3n) is 3.21. The SMILES string of the molecule is CCCC(O)(CCCC(=O)O)C(C)CC. The van der Waals surface area contributed by atoms with Crippen molar-refractivity contribution in [3.8, 4) is 0 Å². The summed E-state index contributed by atoms with van der Waals surface area (Å²) in [6.07, 6.45) is 3.96. The second-order valence-electron chi connectivity index (χ2n) is 4.41. The van der Waals surface area contributed by atoms with Gasteiger partial charge in [0, 0.05) is 6.42 Å². The molecule has 0 aromatic carbocycles. The molecule has 0 fully saturated rings. The van der Waals surface area contributed by atoms with E-state index >= 15 is 0 Å². The lowest BCUT2D eigenvalue weighted by Crippen LogP contribution is -2.36. The van der Waals surface area contributed by atoms with E-state index < -0.39 is 11.6 Å². The van der Waals surface area contributed by atoms with E-state index in [2.05, 4.69) is 6.92 Å². The van der Waals surface area contributed by atoms with Crippen LogP contribution in [0.4, 0.5) is 0 Å². The molecule has 0 aliphatic rings. The predicted octanol–water partition coefficient (Wildman–Crippen LogP) is 2.82. The minimum absolute atomic E-state index is 0.155. The van der Waals surface area contributed by atoms with Crippen LogP contribution in [0, 0.1) is 5.92 Å². The van der Waals surface area contributed by atoms with E-state index in [0.29, 0.717) is 12.8 Å². The van der Waals surface area contributed by atoms with E-state index in [0.717, 1.165) is 19.3 Å². The van der Waals surface area contributed by atoms with Gasteiger partial charge in [0.15, 0.2) is 0 Å². The van der Waals surface area contributed by atoms with Crippen LogP contribution in [0.1, 0.15) is 59.3 Å². The standard InChI is InChI=1S/C12H24O3/c1-4-8-12(15,10(3)5-2)9-6-7-11(13)14/h10,15H,4-9H2,1-3H3,(H,13,14). The van der Waals surface area contributed by atoms with Gasteiger partial charge in [0.2, 0.25) is 0 Å². The molecule has 2 atom stereocenters. The molecule has 0 heterocycles. The molecule has 0 aromatic rings. The first-order valence-corrected chi connectivity index (χ1v) is 5.90. The molecule has 15 heavy (non-hydrogen) atoms. The van der Waals surface area contributed by atoms with Crippen molar-refractivity contribution in [2.75, 3.05) is 0 Å². The van der Waals surface area contributed by atoms with Gasteiger partial charge in [-0.2, -0.15) is 0 Å². The maximum Gasteiger partial charge on any atom is 0.303 e. The zero-order valence-electron chi connectivity index (χ0n) is 10.1. The molecule has 2 N–H and O–H groups in total. The molecule has 0 saturated carbocycles. The van der Waals surface area contributed by atoms with E-state index in [1.807, 2.05) is 13.8 Å². The molecule has 0 radical (unpaired) electrons. The molecule has 3 nitrogen and oxygen atoms in total. The van der Waals surface area contributed by atoms with Gasteiger partial charge in [-0.1, -0.05) is 33.6 Å². The van der Waals surface area contributed by atoms with Crippen LogP contribution in [0.2, 0.25) is 0 Å². The van der Waals surface area contributed by atoms with Crippen molar-refractivity contribution in [2.24, 2.45) is 5.92 Å². The number of carbonyl (C=O) groups is 1. The summed E-state index contributed by atoms with van der Waals surface area (Å²) >= 11 is 0. The molecule has 0 bridgehead atoms. The first-order valence-electron chi connectivity index (χ1n) is 5.90. The average molecular weight is 216 g/mol. The van der Waals surface area contributed by atoms with Crippen molar-refractivity contribution in [3.63, 3.8) is 0 Å². The van der Waals surface area contributed by atoms with Crippen molar-refractivity contribution < 1.29 is 15.0 Å². The summed E-state index contributed by atoms with van der Waals surface area (Å²) in [4.78, 5) is 10.4. The first kappa shape index (κ1) is 14.4. The fraction of sp³-hybridized carbons (Fsp3) is 0.917. The number of rotatable bonds is 8. The molecule has 0 aliphatic heterocycles. The number of hydrogen-bond acceptors (Lipinski definition) is 2. The van der Waals surface area contributed by atoms with E-state index in [4.69, 9.17) is 5.11 Å². The Morgan fingerprint density at radius 1 is 1.33 bits per heavy atom. The van der Waals surface area contributed by atoms with Gasteiger partial charge in [-0.05, 0) is 25.2 Å². The van der Waals surface area contributed by atoms with E-state index in [1.165, 1.54) is 0 Å². The number of carboxylic acid groups (broad SMARTS) is 1. The zero-order chi connectivity index (χ0) is 11.9. The summed E-state index contributed by atoms with van der Waals surface area (Å²) in [5, 5.41) is 19.0. The normalized spacial score (nSPS) is 17.1. The molecule has 90 valence electrons. The van der Waals surface area contributed by atoms with Gasteiger partial charge in [-0.3, -0.25) is 4.79 Å². The first-order chi connectivity index (χ1) is 6.96. The smallest absolute Gasteiger partial charge is 0.303 e. The molecule has 0 amide bonds. The molecule has 2 unspecified atom stereocenters. The maximum absolute atomic E-state index is 10.4. The van der Waals surface area contributed by atoms with Crippen LogP contribution >= 0.6 is 0 Å². The third kappa shape index (κ3) is 5.17. The fourth-order valence-electron chi connectivity index (χ4n) is 1.98. The molecule has 0 spiro atoms. The van der Waals surface area contributed by atoms with Gasteiger partial charge in [0.1, 0.15) is 0 Å². The van der Waals surface area contributed by atoms with Gasteiger partial charge in [0.05, 0.1) is 5.60 Å². The summed E-state index contributed by atoms with van der Waals surface area (Å²) in [5.41, 5.74) is -0.668. The Balaban J connectivity index is 4.18. The fourth-order valence-corrected chi connectivity index (χ4v) is 1.98. The highest BCUT2D eigenvalue weighted by Crippen LogP contribution is 2.30. The molecule has 0 aliphatic carbocycles. The van der Waals surface area contributed by atoms with Crippen LogP contribution in [0.3, 0.4) is 0 Å². The second-order valence-corrected chi connectivity index (χ2v) is 4.41. The molecular weight excluding hydrogens is 192 g/mol. The Morgan fingerprint density at radius 3 is 2.33 bits per heavy atom.